The van der Waals surface area contributed by atoms with Crippen molar-refractivity contribution in [3.05, 3.63) is 57.5 Å². The van der Waals surface area contributed by atoms with Crippen molar-refractivity contribution in [1.29, 1.82) is 0 Å². The summed E-state index contributed by atoms with van der Waals surface area (Å²) in [5.41, 5.74) is 1.76. The first-order valence-electron chi connectivity index (χ1n) is 7.22. The van der Waals surface area contributed by atoms with Crippen LogP contribution in [0.3, 0.4) is 0 Å². The van der Waals surface area contributed by atoms with E-state index in [1.807, 2.05) is 19.1 Å². The highest BCUT2D eigenvalue weighted by Crippen LogP contribution is 2.24. The number of nitrogens with one attached hydrogen (secondary N) is 1. The van der Waals surface area contributed by atoms with E-state index in [1.165, 1.54) is 4.88 Å². The minimum atomic E-state index is -0.0928. The lowest BCUT2D eigenvalue weighted by molar-refractivity contribution is 0.474. The van der Waals surface area contributed by atoms with Gasteiger partial charge < -0.3 is 5.32 Å². The Morgan fingerprint density at radius 2 is 2.15 bits per heavy atom. The molecule has 3 heteroatoms. The molecule has 0 bridgehead atoms. The summed E-state index contributed by atoms with van der Waals surface area (Å²) < 4.78 is 14.2. The Morgan fingerprint density at radius 1 is 1.30 bits per heavy atom. The van der Waals surface area contributed by atoms with E-state index < -0.39 is 0 Å². The maximum absolute atomic E-state index is 14.2. The van der Waals surface area contributed by atoms with Gasteiger partial charge >= 0.3 is 0 Å². The zero-order valence-corrected chi connectivity index (χ0v) is 13.0. The van der Waals surface area contributed by atoms with Crippen LogP contribution in [-0.4, -0.2) is 6.54 Å². The number of rotatable bonds is 7. The molecule has 20 heavy (non-hydrogen) atoms. The monoisotopic (exact) mass is 291 g/mol. The lowest BCUT2D eigenvalue weighted by atomic mass is 9.99. The average Bonchev–Trinajstić information content (AvgIpc) is 2.93. The molecule has 0 aliphatic carbocycles. The molecule has 1 aromatic heterocycles. The van der Waals surface area contributed by atoms with Gasteiger partial charge in [-0.25, -0.2) is 4.39 Å². The summed E-state index contributed by atoms with van der Waals surface area (Å²) in [7, 11) is 0. The van der Waals surface area contributed by atoms with Crippen molar-refractivity contribution in [2.45, 2.75) is 39.2 Å². The van der Waals surface area contributed by atoms with Crippen LogP contribution in [0.25, 0.3) is 0 Å². The second kappa shape index (κ2) is 7.55. The second-order valence-corrected chi connectivity index (χ2v) is 6.18. The summed E-state index contributed by atoms with van der Waals surface area (Å²) in [6, 6.07) is 9.85. The highest BCUT2D eigenvalue weighted by atomic mass is 32.1. The van der Waals surface area contributed by atoms with Crippen molar-refractivity contribution in [2.24, 2.45) is 0 Å². The molecule has 1 N–H and O–H groups in total. The normalized spacial score (nSPS) is 12.6. The first-order chi connectivity index (χ1) is 9.70. The zero-order valence-electron chi connectivity index (χ0n) is 12.2. The van der Waals surface area contributed by atoms with Gasteiger partial charge in [-0.05, 0) is 55.8 Å². The minimum absolute atomic E-state index is 0.0928. The molecule has 108 valence electrons. The molecule has 0 fully saturated rings. The minimum Gasteiger partial charge on any atom is -0.310 e. The van der Waals surface area contributed by atoms with Crippen molar-refractivity contribution in [1.82, 2.24) is 5.32 Å². The van der Waals surface area contributed by atoms with Crippen molar-refractivity contribution in [2.75, 3.05) is 6.54 Å². The largest absolute Gasteiger partial charge is 0.310 e. The Labute approximate surface area is 124 Å². The van der Waals surface area contributed by atoms with Crippen molar-refractivity contribution in [3.8, 4) is 0 Å². The predicted octanol–water partition coefficient (Wildman–Crippen LogP) is 4.87. The quantitative estimate of drug-likeness (QED) is 0.767. The third-order valence-corrected chi connectivity index (χ3v) is 4.37. The molecule has 0 spiro atoms. The SMILES string of the molecule is CCCNC(CCc1cccs1)c1ccc(C)cc1F. The predicted molar refractivity (Wildman–Crippen MR) is 84.8 cm³/mol. The van der Waals surface area contributed by atoms with Gasteiger partial charge in [0.1, 0.15) is 5.82 Å². The van der Waals surface area contributed by atoms with Gasteiger partial charge in [0.05, 0.1) is 0 Å². The van der Waals surface area contributed by atoms with Crippen LogP contribution in [0.4, 0.5) is 4.39 Å². The lowest BCUT2D eigenvalue weighted by Crippen LogP contribution is -2.23. The van der Waals surface area contributed by atoms with Gasteiger partial charge in [0.2, 0.25) is 0 Å². The van der Waals surface area contributed by atoms with Crippen LogP contribution in [0.5, 0.6) is 0 Å². The van der Waals surface area contributed by atoms with Crippen LogP contribution >= 0.6 is 11.3 Å². The van der Waals surface area contributed by atoms with E-state index in [9.17, 15) is 4.39 Å². The van der Waals surface area contributed by atoms with E-state index in [0.717, 1.165) is 36.9 Å². The van der Waals surface area contributed by atoms with Crippen LogP contribution < -0.4 is 5.32 Å². The van der Waals surface area contributed by atoms with Crippen molar-refractivity contribution >= 4 is 11.3 Å². The number of aryl methyl sites for hydroxylation is 2. The summed E-state index contributed by atoms with van der Waals surface area (Å²) in [4.78, 5) is 1.36. The van der Waals surface area contributed by atoms with Gasteiger partial charge in [0, 0.05) is 16.5 Å². The van der Waals surface area contributed by atoms with Gasteiger partial charge in [-0.15, -0.1) is 11.3 Å². The lowest BCUT2D eigenvalue weighted by Gasteiger charge is -2.19. The standard InChI is InChI=1S/C17H22FNS/c1-3-10-19-17(9-7-14-5-4-11-20-14)15-8-6-13(2)12-16(15)18/h4-6,8,11-12,17,19H,3,7,9-10H2,1-2H3. The van der Waals surface area contributed by atoms with Gasteiger partial charge in [-0.1, -0.05) is 25.1 Å². The Bertz CT molecular complexity index is 522. The van der Waals surface area contributed by atoms with Gasteiger partial charge in [0.25, 0.3) is 0 Å². The first-order valence-corrected chi connectivity index (χ1v) is 8.10. The van der Waals surface area contributed by atoms with Gasteiger partial charge in [-0.3, -0.25) is 0 Å². The Balaban J connectivity index is 2.09. The third-order valence-electron chi connectivity index (χ3n) is 3.43. The third kappa shape index (κ3) is 4.15. The summed E-state index contributed by atoms with van der Waals surface area (Å²) >= 11 is 1.77. The Kier molecular flexibility index (Phi) is 5.74. The van der Waals surface area contributed by atoms with Crippen LogP contribution in [0.1, 0.15) is 41.8 Å². The van der Waals surface area contributed by atoms with E-state index in [2.05, 4.69) is 29.8 Å². The Morgan fingerprint density at radius 3 is 2.80 bits per heavy atom. The maximum Gasteiger partial charge on any atom is 0.128 e. The highest BCUT2D eigenvalue weighted by molar-refractivity contribution is 7.09. The molecule has 1 aromatic carbocycles. The Hall–Kier alpha value is -1.19. The smallest absolute Gasteiger partial charge is 0.128 e. The molecule has 2 rings (SSSR count). The summed E-state index contributed by atoms with van der Waals surface area (Å²) in [6.45, 7) is 4.98. The molecule has 1 atom stereocenters. The van der Waals surface area contributed by atoms with E-state index in [-0.39, 0.29) is 11.9 Å². The topological polar surface area (TPSA) is 12.0 Å². The molecule has 1 nitrogen and oxygen atoms in total. The molecular formula is C17H22FNS. The van der Waals surface area contributed by atoms with E-state index in [1.54, 1.807) is 17.4 Å². The summed E-state index contributed by atoms with van der Waals surface area (Å²) in [6.07, 6.45) is 2.98. The van der Waals surface area contributed by atoms with E-state index >= 15 is 0 Å². The fourth-order valence-corrected chi connectivity index (χ4v) is 3.07. The number of hydrogen-bond acceptors (Lipinski definition) is 2. The fourth-order valence-electron chi connectivity index (χ4n) is 2.34. The average molecular weight is 291 g/mol. The zero-order chi connectivity index (χ0) is 14.4. The molecule has 0 saturated heterocycles. The molecule has 0 aliphatic heterocycles. The van der Waals surface area contributed by atoms with Crippen molar-refractivity contribution in [3.63, 3.8) is 0 Å². The fraction of sp³-hybridized carbons (Fsp3) is 0.412. The van der Waals surface area contributed by atoms with Crippen LogP contribution in [0.15, 0.2) is 35.7 Å². The van der Waals surface area contributed by atoms with E-state index in [4.69, 9.17) is 0 Å². The van der Waals surface area contributed by atoms with E-state index in [0.29, 0.717) is 0 Å². The molecule has 0 saturated carbocycles. The number of thiophene rings is 1. The van der Waals surface area contributed by atoms with Crippen LogP contribution in [0, 0.1) is 12.7 Å². The first kappa shape index (κ1) is 15.2. The molecule has 0 radical (unpaired) electrons. The van der Waals surface area contributed by atoms with Crippen LogP contribution in [0.2, 0.25) is 0 Å². The molecule has 0 amide bonds. The highest BCUT2D eigenvalue weighted by Gasteiger charge is 2.15. The molecule has 2 aromatic rings. The van der Waals surface area contributed by atoms with Crippen molar-refractivity contribution < 1.29 is 4.39 Å². The number of benzene rings is 1. The second-order valence-electron chi connectivity index (χ2n) is 5.15. The maximum atomic E-state index is 14.2. The molecule has 0 aliphatic rings. The van der Waals surface area contributed by atoms with Gasteiger partial charge in [0.15, 0.2) is 0 Å². The van der Waals surface area contributed by atoms with Crippen LogP contribution in [-0.2, 0) is 6.42 Å². The molecule has 1 unspecified atom stereocenters. The number of hydrogen-bond donors (Lipinski definition) is 1. The summed E-state index contributed by atoms with van der Waals surface area (Å²) in [5.74, 6) is -0.0928. The molecular weight excluding hydrogens is 269 g/mol. The van der Waals surface area contributed by atoms with Gasteiger partial charge in [-0.2, -0.15) is 0 Å². The molecule has 1 heterocycles. The number of halogens is 1. The summed E-state index contributed by atoms with van der Waals surface area (Å²) in [5, 5.41) is 5.57.